The van der Waals surface area contributed by atoms with Crippen molar-refractivity contribution >= 4 is 11.1 Å². The minimum atomic E-state index is -0.750. The van der Waals surface area contributed by atoms with Gasteiger partial charge in [0.15, 0.2) is 0 Å². The van der Waals surface area contributed by atoms with E-state index in [4.69, 9.17) is 0 Å². The number of rotatable bonds is 6. The van der Waals surface area contributed by atoms with Crippen molar-refractivity contribution < 1.29 is 48.0 Å². The zero-order valence-electron chi connectivity index (χ0n) is 23.1. The number of hydrogen-bond acceptors (Lipinski definition) is 0. The fraction of sp³-hybridized carbons (Fsp3) is 0.529. The van der Waals surface area contributed by atoms with Gasteiger partial charge in [0, 0.05) is 0 Å². The second-order valence-corrected chi connectivity index (χ2v) is 16.1. The van der Waals surface area contributed by atoms with E-state index in [0.29, 0.717) is 0 Å². The Morgan fingerprint density at radius 1 is 0.568 bits per heavy atom. The predicted molar refractivity (Wildman–Crippen MR) is 146 cm³/mol. The monoisotopic (exact) mass is 610 g/mol. The fourth-order valence-electron chi connectivity index (χ4n) is 7.39. The van der Waals surface area contributed by atoms with E-state index in [1.165, 1.54) is 86.5 Å². The van der Waals surface area contributed by atoms with Crippen LogP contribution in [-0.2, 0) is 23.2 Å². The van der Waals surface area contributed by atoms with E-state index >= 15 is 0 Å². The Morgan fingerprint density at radius 3 is 1.30 bits per heavy atom. The molecule has 4 aliphatic carbocycles. The third-order valence-corrected chi connectivity index (χ3v) is 13.9. The first-order valence-corrected chi connectivity index (χ1v) is 17.2. The average molecular weight is 613 g/mol. The summed E-state index contributed by atoms with van der Waals surface area (Å²) in [7, 11) is 0. The molecule has 2 saturated carbocycles. The zero-order valence-corrected chi connectivity index (χ0v) is 27.1. The van der Waals surface area contributed by atoms with Crippen LogP contribution in [0.25, 0.3) is 11.1 Å². The quantitative estimate of drug-likeness (QED) is 0.467. The van der Waals surface area contributed by atoms with Gasteiger partial charge >= 0.3 is 226 Å². The van der Waals surface area contributed by atoms with Gasteiger partial charge in [-0.1, -0.05) is 0 Å². The van der Waals surface area contributed by atoms with Crippen LogP contribution in [0.2, 0.25) is 0 Å². The van der Waals surface area contributed by atoms with Crippen molar-refractivity contribution in [3.05, 3.63) is 80.9 Å². The largest absolute Gasteiger partial charge is 1.00 e. The van der Waals surface area contributed by atoms with Gasteiger partial charge in [-0.15, -0.1) is 0 Å². The number of allylic oxidation sites excluding steroid dienone is 4. The van der Waals surface area contributed by atoms with Crippen molar-refractivity contribution in [1.29, 1.82) is 0 Å². The molecule has 0 saturated heterocycles. The SMILES string of the molecule is Cc1cc2c(cc1C)[CH]([Zr+2][CH]1C=C(CC3CCCC3)c3cc(C)c(C)cc31)C=C2CC1CCCC1.[Cl-].[Cl-]. The van der Waals surface area contributed by atoms with Gasteiger partial charge in [0.05, 0.1) is 0 Å². The Hall–Kier alpha value is -0.617. The summed E-state index contributed by atoms with van der Waals surface area (Å²) in [5.41, 5.74) is 16.0. The summed E-state index contributed by atoms with van der Waals surface area (Å²) >= 11 is -0.750. The van der Waals surface area contributed by atoms with Crippen molar-refractivity contribution in [3.63, 3.8) is 0 Å². The van der Waals surface area contributed by atoms with E-state index in [2.05, 4.69) is 64.1 Å². The van der Waals surface area contributed by atoms with Crippen LogP contribution >= 0.6 is 0 Å². The summed E-state index contributed by atoms with van der Waals surface area (Å²) < 4.78 is 1.46. The third kappa shape index (κ3) is 5.95. The second kappa shape index (κ2) is 12.3. The van der Waals surface area contributed by atoms with Gasteiger partial charge in [-0.3, -0.25) is 0 Å². The van der Waals surface area contributed by atoms with Crippen LogP contribution in [0.4, 0.5) is 0 Å². The number of fused-ring (bicyclic) bond motifs is 2. The van der Waals surface area contributed by atoms with E-state index in [9.17, 15) is 0 Å². The Balaban J connectivity index is 0.00000160. The number of hydrogen-bond donors (Lipinski definition) is 0. The van der Waals surface area contributed by atoms with Gasteiger partial charge in [0.1, 0.15) is 0 Å². The summed E-state index contributed by atoms with van der Waals surface area (Å²) in [5.74, 6) is 1.85. The molecule has 2 aromatic rings. The van der Waals surface area contributed by atoms with Crippen molar-refractivity contribution in [2.75, 3.05) is 0 Å². The Bertz CT molecular complexity index is 1100. The molecule has 4 aliphatic rings. The third-order valence-electron chi connectivity index (χ3n) is 9.76. The van der Waals surface area contributed by atoms with Crippen molar-refractivity contribution in [2.45, 2.75) is 99.2 Å². The predicted octanol–water partition coefficient (Wildman–Crippen LogP) is 3.75. The summed E-state index contributed by atoms with van der Waals surface area (Å²) in [5, 5.41) is 0. The van der Waals surface area contributed by atoms with E-state index in [1.54, 1.807) is 33.4 Å². The van der Waals surface area contributed by atoms with Crippen LogP contribution in [0, 0.1) is 39.5 Å². The maximum Gasteiger partial charge on any atom is -1.00 e. The van der Waals surface area contributed by atoms with Crippen LogP contribution in [-0.4, -0.2) is 0 Å². The van der Waals surface area contributed by atoms with Gasteiger partial charge in [0.25, 0.3) is 0 Å². The molecule has 2 fully saturated rings. The molecule has 3 heteroatoms. The maximum atomic E-state index is 2.78. The first-order valence-electron chi connectivity index (χ1n) is 14.4. The summed E-state index contributed by atoms with van der Waals surface area (Å²) in [6.07, 6.45) is 19.8. The summed E-state index contributed by atoms with van der Waals surface area (Å²) in [6.45, 7) is 9.27. The number of aryl methyl sites for hydroxylation is 4. The van der Waals surface area contributed by atoms with Crippen molar-refractivity contribution in [1.82, 2.24) is 0 Å². The van der Waals surface area contributed by atoms with Crippen LogP contribution in [0.15, 0.2) is 36.4 Å². The summed E-state index contributed by atoms with van der Waals surface area (Å²) in [6, 6.07) is 10.2. The molecule has 0 nitrogen and oxygen atoms in total. The first-order chi connectivity index (χ1) is 17.0. The molecule has 0 spiro atoms. The molecule has 2 aromatic carbocycles. The van der Waals surface area contributed by atoms with Crippen LogP contribution in [0.3, 0.4) is 0 Å². The Labute approximate surface area is 249 Å². The molecule has 0 bridgehead atoms. The van der Waals surface area contributed by atoms with Gasteiger partial charge in [0.2, 0.25) is 0 Å². The van der Waals surface area contributed by atoms with Crippen LogP contribution in [0.1, 0.15) is 116 Å². The van der Waals surface area contributed by atoms with Gasteiger partial charge in [-0.2, -0.15) is 0 Å². The van der Waals surface area contributed by atoms with Crippen LogP contribution in [0.5, 0.6) is 0 Å². The standard InChI is InChI=1S/2C17H21.2ClH.Zr/c2*1-12-9-15-7-8-16(17(15)10-13(12)2)11-14-5-3-4-6-14;;;/h2*7-10,14H,3-6,11H2,1-2H3;2*1H;/q;;;;+2/p-2. The average Bonchev–Trinajstić information content (AvgIpc) is 3.62. The topological polar surface area (TPSA) is 0 Å². The van der Waals surface area contributed by atoms with E-state index in [-0.39, 0.29) is 24.8 Å². The maximum absolute atomic E-state index is 2.78. The minimum absolute atomic E-state index is 0. The molecule has 0 N–H and O–H groups in total. The number of halogens is 2. The van der Waals surface area contributed by atoms with Crippen molar-refractivity contribution in [3.8, 4) is 0 Å². The molecule has 0 radical (unpaired) electrons. The molecule has 0 heterocycles. The smallest absolute Gasteiger partial charge is 1.00 e. The van der Waals surface area contributed by atoms with E-state index < -0.39 is 23.2 Å². The minimum Gasteiger partial charge on any atom is -1.00 e. The Morgan fingerprint density at radius 2 is 0.919 bits per heavy atom. The number of benzene rings is 2. The second-order valence-electron chi connectivity index (χ2n) is 12.3. The summed E-state index contributed by atoms with van der Waals surface area (Å²) in [4.78, 5) is 0. The van der Waals surface area contributed by atoms with E-state index in [0.717, 1.165) is 19.1 Å². The van der Waals surface area contributed by atoms with Gasteiger partial charge in [-0.05, 0) is 0 Å². The normalized spacial score (nSPS) is 22.6. The molecule has 0 aliphatic heterocycles. The molecule has 6 rings (SSSR count). The molecule has 196 valence electrons. The molecule has 0 aromatic heterocycles. The zero-order chi connectivity index (χ0) is 24.1. The van der Waals surface area contributed by atoms with Crippen molar-refractivity contribution in [2.24, 2.45) is 11.8 Å². The van der Waals surface area contributed by atoms with Crippen LogP contribution < -0.4 is 24.8 Å². The Kier molecular flexibility index (Phi) is 9.74. The molecular formula is C34H42Cl2Zr. The molecular weight excluding hydrogens is 571 g/mol. The molecule has 2 atom stereocenters. The van der Waals surface area contributed by atoms with Gasteiger partial charge in [-0.25, -0.2) is 0 Å². The first kappa shape index (κ1) is 29.4. The fourth-order valence-corrected chi connectivity index (χ4v) is 11.9. The molecule has 2 unspecified atom stereocenters. The van der Waals surface area contributed by atoms with E-state index in [1.807, 2.05) is 0 Å². The molecule has 0 amide bonds. The molecule has 37 heavy (non-hydrogen) atoms. The van der Waals surface area contributed by atoms with Gasteiger partial charge < -0.3 is 24.8 Å².